The molecule has 1 aliphatic rings. The molecule has 102 valence electrons. The van der Waals surface area contributed by atoms with Crippen LogP contribution in [0.4, 0.5) is 5.95 Å². The molecule has 0 saturated carbocycles. The van der Waals surface area contributed by atoms with Crippen molar-refractivity contribution in [3.63, 3.8) is 0 Å². The molecule has 0 bridgehead atoms. The molecule has 6 nitrogen and oxygen atoms in total. The van der Waals surface area contributed by atoms with Gasteiger partial charge in [-0.05, 0) is 38.8 Å². The zero-order valence-electron chi connectivity index (χ0n) is 11.2. The Balaban J connectivity index is 1.85. The highest BCUT2D eigenvalue weighted by molar-refractivity contribution is 5.29. The number of anilines is 1. The lowest BCUT2D eigenvalue weighted by atomic mass is 9.97. The van der Waals surface area contributed by atoms with Gasteiger partial charge >= 0.3 is 0 Å². The number of aromatic amines is 1. The van der Waals surface area contributed by atoms with Crippen LogP contribution in [0.5, 0.6) is 0 Å². The van der Waals surface area contributed by atoms with Crippen LogP contribution >= 0.6 is 0 Å². The third-order valence-electron chi connectivity index (χ3n) is 3.47. The fourth-order valence-electron chi connectivity index (χ4n) is 2.28. The van der Waals surface area contributed by atoms with E-state index in [1.54, 1.807) is 6.92 Å². The molecule has 0 aliphatic carbocycles. The molecule has 1 atom stereocenters. The molecule has 1 aromatic rings. The molecule has 0 radical (unpaired) electrons. The number of nitrogens with zero attached hydrogens (tertiary/aromatic N) is 3. The van der Waals surface area contributed by atoms with Crippen LogP contribution in [0.25, 0.3) is 0 Å². The third kappa shape index (κ3) is 3.20. The highest BCUT2D eigenvalue weighted by Gasteiger charge is 2.22. The molecule has 0 unspecified atom stereocenters. The molecule has 6 heteroatoms. The highest BCUT2D eigenvalue weighted by Crippen LogP contribution is 2.20. The van der Waals surface area contributed by atoms with Crippen molar-refractivity contribution in [2.75, 3.05) is 31.1 Å². The number of hydrogen-bond donors (Lipinski definition) is 3. The van der Waals surface area contributed by atoms with Crippen LogP contribution < -0.4 is 10.2 Å². The van der Waals surface area contributed by atoms with Gasteiger partial charge in [0.05, 0.1) is 0 Å². The first-order chi connectivity index (χ1) is 8.70. The summed E-state index contributed by atoms with van der Waals surface area (Å²) in [5, 5.41) is 19.8. The predicted molar refractivity (Wildman–Crippen MR) is 70.5 cm³/mol. The third-order valence-corrected chi connectivity index (χ3v) is 3.47. The van der Waals surface area contributed by atoms with Gasteiger partial charge in [0.15, 0.2) is 5.82 Å². The lowest BCUT2D eigenvalue weighted by molar-refractivity contribution is 0.189. The lowest BCUT2D eigenvalue weighted by Gasteiger charge is -2.31. The number of hydrogen-bond acceptors (Lipinski definition) is 5. The standard InChI is InChI=1S/C12H23N5O/c1-3-13-8-10-4-6-17(7-5-10)12-14-11(9(2)18)15-16-12/h9-10,13,18H,3-8H2,1-2H3,(H,14,15,16)/t9-/m0/s1. The van der Waals surface area contributed by atoms with Crippen LogP contribution in [0, 0.1) is 5.92 Å². The van der Waals surface area contributed by atoms with Gasteiger partial charge < -0.3 is 15.3 Å². The van der Waals surface area contributed by atoms with E-state index < -0.39 is 6.10 Å². The van der Waals surface area contributed by atoms with E-state index in [-0.39, 0.29) is 0 Å². The molecule has 18 heavy (non-hydrogen) atoms. The minimum Gasteiger partial charge on any atom is -0.385 e. The Bertz CT molecular complexity index is 357. The fraction of sp³-hybridized carbons (Fsp3) is 0.833. The summed E-state index contributed by atoms with van der Waals surface area (Å²) in [4.78, 5) is 6.50. The molecule has 0 amide bonds. The molecule has 2 rings (SSSR count). The molecule has 3 N–H and O–H groups in total. The number of piperidine rings is 1. The number of rotatable bonds is 5. The quantitative estimate of drug-likeness (QED) is 0.719. The first-order valence-electron chi connectivity index (χ1n) is 6.76. The second kappa shape index (κ2) is 6.15. The number of H-pyrrole nitrogens is 1. The van der Waals surface area contributed by atoms with Gasteiger partial charge in [-0.15, -0.1) is 5.10 Å². The SMILES string of the molecule is CCNCC1CCN(c2n[nH]c([C@H](C)O)n2)CC1. The van der Waals surface area contributed by atoms with Crippen LogP contribution in [-0.2, 0) is 0 Å². The predicted octanol–water partition coefficient (Wildman–Crippen LogP) is 0.684. The van der Waals surface area contributed by atoms with Crippen LogP contribution in [0.15, 0.2) is 0 Å². The highest BCUT2D eigenvalue weighted by atomic mass is 16.3. The topological polar surface area (TPSA) is 77.1 Å². The van der Waals surface area contributed by atoms with Crippen molar-refractivity contribution in [3.8, 4) is 0 Å². The summed E-state index contributed by atoms with van der Waals surface area (Å²) in [5.74, 6) is 2.02. The Labute approximate surface area is 108 Å². The van der Waals surface area contributed by atoms with E-state index in [0.717, 1.165) is 32.1 Å². The second-order valence-corrected chi connectivity index (χ2v) is 4.93. The average Bonchev–Trinajstić information content (AvgIpc) is 2.87. The van der Waals surface area contributed by atoms with Crippen molar-refractivity contribution < 1.29 is 5.11 Å². The zero-order valence-corrected chi connectivity index (χ0v) is 11.2. The molecular weight excluding hydrogens is 230 g/mol. The zero-order chi connectivity index (χ0) is 13.0. The van der Waals surface area contributed by atoms with Crippen LogP contribution in [0.2, 0.25) is 0 Å². The number of aliphatic hydroxyl groups is 1. The van der Waals surface area contributed by atoms with E-state index in [2.05, 4.69) is 32.3 Å². The summed E-state index contributed by atoms with van der Waals surface area (Å²) in [6.07, 6.45) is 1.76. The maximum atomic E-state index is 9.41. The Morgan fingerprint density at radius 2 is 2.22 bits per heavy atom. The summed E-state index contributed by atoms with van der Waals surface area (Å²) >= 11 is 0. The normalized spacial score (nSPS) is 19.2. The van der Waals surface area contributed by atoms with Gasteiger partial charge in [-0.25, -0.2) is 0 Å². The molecule has 1 aromatic heterocycles. The summed E-state index contributed by atoms with van der Waals surface area (Å²) in [5.41, 5.74) is 0. The summed E-state index contributed by atoms with van der Waals surface area (Å²) < 4.78 is 0. The maximum Gasteiger partial charge on any atom is 0.244 e. The van der Waals surface area contributed by atoms with Gasteiger partial charge in [0.2, 0.25) is 5.95 Å². The monoisotopic (exact) mass is 253 g/mol. The summed E-state index contributed by atoms with van der Waals surface area (Å²) in [6.45, 7) is 7.96. The largest absolute Gasteiger partial charge is 0.385 e. The Morgan fingerprint density at radius 3 is 2.78 bits per heavy atom. The van der Waals surface area contributed by atoms with E-state index in [1.165, 1.54) is 12.8 Å². The molecule has 1 saturated heterocycles. The van der Waals surface area contributed by atoms with Crippen molar-refractivity contribution in [2.45, 2.75) is 32.8 Å². The van der Waals surface area contributed by atoms with E-state index in [1.807, 2.05) is 0 Å². The van der Waals surface area contributed by atoms with Gasteiger partial charge in [-0.3, -0.25) is 5.10 Å². The van der Waals surface area contributed by atoms with Crippen molar-refractivity contribution in [3.05, 3.63) is 5.82 Å². The molecule has 0 spiro atoms. The van der Waals surface area contributed by atoms with E-state index >= 15 is 0 Å². The number of nitrogens with one attached hydrogen (secondary N) is 2. The molecule has 1 fully saturated rings. The number of aliphatic hydroxyl groups excluding tert-OH is 1. The van der Waals surface area contributed by atoms with Crippen LogP contribution in [0.3, 0.4) is 0 Å². The first-order valence-corrected chi connectivity index (χ1v) is 6.76. The van der Waals surface area contributed by atoms with Gasteiger partial charge in [0.25, 0.3) is 0 Å². The van der Waals surface area contributed by atoms with E-state index in [0.29, 0.717) is 11.8 Å². The van der Waals surface area contributed by atoms with E-state index in [4.69, 9.17) is 0 Å². The van der Waals surface area contributed by atoms with Gasteiger partial charge in [-0.2, -0.15) is 4.98 Å². The van der Waals surface area contributed by atoms with Crippen molar-refractivity contribution in [2.24, 2.45) is 5.92 Å². The Kier molecular flexibility index (Phi) is 4.54. The summed E-state index contributed by atoms with van der Waals surface area (Å²) in [7, 11) is 0. The smallest absolute Gasteiger partial charge is 0.244 e. The Hall–Kier alpha value is -1.14. The first kappa shape index (κ1) is 13.3. The van der Waals surface area contributed by atoms with Crippen LogP contribution in [0.1, 0.15) is 38.6 Å². The molecular formula is C12H23N5O. The lowest BCUT2D eigenvalue weighted by Crippen LogP contribution is -2.37. The van der Waals surface area contributed by atoms with Crippen molar-refractivity contribution in [1.82, 2.24) is 20.5 Å². The average molecular weight is 253 g/mol. The Morgan fingerprint density at radius 1 is 1.50 bits per heavy atom. The van der Waals surface area contributed by atoms with Gasteiger partial charge in [0.1, 0.15) is 6.10 Å². The molecule has 1 aliphatic heterocycles. The van der Waals surface area contributed by atoms with Gasteiger partial charge in [0, 0.05) is 13.1 Å². The van der Waals surface area contributed by atoms with Gasteiger partial charge in [-0.1, -0.05) is 6.92 Å². The number of aromatic nitrogens is 3. The second-order valence-electron chi connectivity index (χ2n) is 4.93. The van der Waals surface area contributed by atoms with Crippen LogP contribution in [-0.4, -0.2) is 46.5 Å². The van der Waals surface area contributed by atoms with Crippen molar-refractivity contribution in [1.29, 1.82) is 0 Å². The molecule has 2 heterocycles. The minimum atomic E-state index is -0.586. The van der Waals surface area contributed by atoms with E-state index in [9.17, 15) is 5.11 Å². The molecule has 0 aromatic carbocycles. The van der Waals surface area contributed by atoms with Crippen molar-refractivity contribution >= 4 is 5.95 Å². The fourth-order valence-corrected chi connectivity index (χ4v) is 2.28. The maximum absolute atomic E-state index is 9.41. The minimum absolute atomic E-state index is 0.541. The summed E-state index contributed by atoms with van der Waals surface area (Å²) in [6, 6.07) is 0.